The second kappa shape index (κ2) is 5.66. The van der Waals surface area contributed by atoms with Crippen LogP contribution in [0, 0.1) is 0 Å². The summed E-state index contributed by atoms with van der Waals surface area (Å²) < 4.78 is 0. The van der Waals surface area contributed by atoms with Crippen molar-refractivity contribution in [2.75, 3.05) is 5.32 Å². The molecule has 0 radical (unpaired) electrons. The molecule has 4 nitrogen and oxygen atoms in total. The fraction of sp³-hybridized carbons (Fsp3) is 0. The van der Waals surface area contributed by atoms with E-state index in [2.05, 4.69) is 10.3 Å². The lowest BCUT2D eigenvalue weighted by Crippen LogP contribution is -2.01. The van der Waals surface area contributed by atoms with E-state index in [0.29, 0.717) is 5.52 Å². The van der Waals surface area contributed by atoms with Crippen LogP contribution >= 0.6 is 0 Å². The molecule has 2 N–H and O–H groups in total. The number of rotatable bonds is 3. The highest BCUT2D eigenvalue weighted by molar-refractivity contribution is 6.13. The fourth-order valence-corrected chi connectivity index (χ4v) is 2.89. The zero-order chi connectivity index (χ0) is 16.5. The van der Waals surface area contributed by atoms with Gasteiger partial charge in [0.05, 0.1) is 22.3 Å². The molecule has 0 fully saturated rings. The van der Waals surface area contributed by atoms with Gasteiger partial charge in [0.15, 0.2) is 0 Å². The number of anilines is 2. The highest BCUT2D eigenvalue weighted by Crippen LogP contribution is 2.34. The van der Waals surface area contributed by atoms with Gasteiger partial charge in [-0.2, -0.15) is 0 Å². The van der Waals surface area contributed by atoms with Crippen LogP contribution in [0.15, 0.2) is 72.8 Å². The molecule has 116 valence electrons. The summed E-state index contributed by atoms with van der Waals surface area (Å²) in [7, 11) is 0. The third-order valence-electron chi connectivity index (χ3n) is 3.98. The Hall–Kier alpha value is -3.40. The number of nitrogens with one attached hydrogen (secondary N) is 1. The van der Waals surface area contributed by atoms with E-state index in [1.54, 1.807) is 12.1 Å². The summed E-state index contributed by atoms with van der Waals surface area (Å²) in [5.41, 5.74) is 3.26. The number of hydrogen-bond donors (Lipinski definition) is 2. The largest absolute Gasteiger partial charge is 0.478 e. The molecule has 4 heteroatoms. The first kappa shape index (κ1) is 14.2. The van der Waals surface area contributed by atoms with Gasteiger partial charge in [-0.25, -0.2) is 9.78 Å². The summed E-state index contributed by atoms with van der Waals surface area (Å²) in [5.74, 6) is -0.978. The first-order valence-corrected chi connectivity index (χ1v) is 7.61. The third kappa shape index (κ3) is 2.34. The normalized spacial score (nSPS) is 10.8. The standard InChI is InChI=1S/C20H14N2O2/c23-20(24)16-11-6-10-15-18(21-13-7-2-1-3-8-13)14-9-4-5-12-17(14)22-19(15)16/h1-12H,(H,21,22)(H,23,24). The summed E-state index contributed by atoms with van der Waals surface area (Å²) in [5, 5.41) is 14.6. The maximum atomic E-state index is 11.6. The molecule has 3 aromatic carbocycles. The van der Waals surface area contributed by atoms with Crippen molar-refractivity contribution >= 4 is 39.1 Å². The summed E-state index contributed by atoms with van der Waals surface area (Å²) in [6.45, 7) is 0. The van der Waals surface area contributed by atoms with E-state index in [1.165, 1.54) is 0 Å². The highest BCUT2D eigenvalue weighted by atomic mass is 16.4. The van der Waals surface area contributed by atoms with E-state index in [0.717, 1.165) is 27.7 Å². The molecule has 0 saturated carbocycles. The smallest absolute Gasteiger partial charge is 0.337 e. The van der Waals surface area contributed by atoms with Crippen LogP contribution in [-0.4, -0.2) is 16.1 Å². The van der Waals surface area contributed by atoms with Crippen LogP contribution < -0.4 is 5.32 Å². The van der Waals surface area contributed by atoms with Gasteiger partial charge >= 0.3 is 5.97 Å². The molecule has 1 aromatic heterocycles. The lowest BCUT2D eigenvalue weighted by molar-refractivity contribution is 0.0699. The minimum Gasteiger partial charge on any atom is -0.478 e. The van der Waals surface area contributed by atoms with E-state index < -0.39 is 5.97 Å². The van der Waals surface area contributed by atoms with Crippen molar-refractivity contribution in [3.8, 4) is 0 Å². The molecule has 0 aliphatic rings. The van der Waals surface area contributed by atoms with Gasteiger partial charge in [0.2, 0.25) is 0 Å². The molecular formula is C20H14N2O2. The molecular weight excluding hydrogens is 300 g/mol. The second-order valence-electron chi connectivity index (χ2n) is 5.50. The van der Waals surface area contributed by atoms with Crippen LogP contribution in [0.5, 0.6) is 0 Å². The summed E-state index contributed by atoms with van der Waals surface area (Å²) in [6.07, 6.45) is 0. The number of carboxylic acids is 1. The van der Waals surface area contributed by atoms with E-state index >= 15 is 0 Å². The quantitative estimate of drug-likeness (QED) is 0.532. The van der Waals surface area contributed by atoms with Crippen molar-refractivity contribution in [3.63, 3.8) is 0 Å². The predicted molar refractivity (Wildman–Crippen MR) is 95.9 cm³/mol. The number of hydrogen-bond acceptors (Lipinski definition) is 3. The molecule has 0 aliphatic carbocycles. The van der Waals surface area contributed by atoms with E-state index in [4.69, 9.17) is 0 Å². The van der Waals surface area contributed by atoms with Crippen LogP contribution in [0.2, 0.25) is 0 Å². The molecule has 24 heavy (non-hydrogen) atoms. The topological polar surface area (TPSA) is 62.2 Å². The number of para-hydroxylation sites is 3. The molecule has 0 aliphatic heterocycles. The van der Waals surface area contributed by atoms with Crippen molar-refractivity contribution in [2.45, 2.75) is 0 Å². The monoisotopic (exact) mass is 314 g/mol. The Bertz CT molecular complexity index is 1060. The Morgan fingerprint density at radius 3 is 2.33 bits per heavy atom. The number of aromatic nitrogens is 1. The average Bonchev–Trinajstić information content (AvgIpc) is 2.62. The summed E-state index contributed by atoms with van der Waals surface area (Å²) in [6, 6.07) is 22.8. The number of fused-ring (bicyclic) bond motifs is 2. The van der Waals surface area contributed by atoms with Gasteiger partial charge in [-0.05, 0) is 24.3 Å². The van der Waals surface area contributed by atoms with Crippen LogP contribution in [-0.2, 0) is 0 Å². The van der Waals surface area contributed by atoms with Gasteiger partial charge in [-0.1, -0.05) is 48.5 Å². The van der Waals surface area contributed by atoms with Crippen molar-refractivity contribution in [1.82, 2.24) is 4.98 Å². The maximum Gasteiger partial charge on any atom is 0.337 e. The Labute approximate surface area is 138 Å². The predicted octanol–water partition coefficient (Wildman–Crippen LogP) is 4.83. The molecule has 0 bridgehead atoms. The number of carbonyl (C=O) groups is 1. The highest BCUT2D eigenvalue weighted by Gasteiger charge is 2.15. The molecule has 0 atom stereocenters. The van der Waals surface area contributed by atoms with Crippen LogP contribution in [0.1, 0.15) is 10.4 Å². The Morgan fingerprint density at radius 1 is 0.833 bits per heavy atom. The minimum absolute atomic E-state index is 0.203. The van der Waals surface area contributed by atoms with Crippen LogP contribution in [0.4, 0.5) is 11.4 Å². The van der Waals surface area contributed by atoms with E-state index in [-0.39, 0.29) is 5.56 Å². The molecule has 0 saturated heterocycles. The molecule has 1 heterocycles. The van der Waals surface area contributed by atoms with Crippen LogP contribution in [0.25, 0.3) is 21.8 Å². The first-order valence-electron chi connectivity index (χ1n) is 7.61. The van der Waals surface area contributed by atoms with Gasteiger partial charge in [0.1, 0.15) is 0 Å². The third-order valence-corrected chi connectivity index (χ3v) is 3.98. The zero-order valence-electron chi connectivity index (χ0n) is 12.7. The van der Waals surface area contributed by atoms with Gasteiger partial charge in [-0.15, -0.1) is 0 Å². The number of benzene rings is 3. The lowest BCUT2D eigenvalue weighted by Gasteiger charge is -2.14. The van der Waals surface area contributed by atoms with Crippen LogP contribution in [0.3, 0.4) is 0 Å². The Balaban J connectivity index is 2.07. The molecule has 0 spiro atoms. The van der Waals surface area contributed by atoms with Crippen molar-refractivity contribution < 1.29 is 9.90 Å². The number of pyridine rings is 1. The average molecular weight is 314 g/mol. The maximum absolute atomic E-state index is 11.6. The van der Waals surface area contributed by atoms with Crippen molar-refractivity contribution in [2.24, 2.45) is 0 Å². The number of nitrogens with zero attached hydrogens (tertiary/aromatic N) is 1. The number of aromatic carboxylic acids is 1. The van der Waals surface area contributed by atoms with Crippen molar-refractivity contribution in [3.05, 3.63) is 78.4 Å². The Kier molecular flexibility index (Phi) is 3.35. The first-order chi connectivity index (χ1) is 11.7. The van der Waals surface area contributed by atoms with Crippen molar-refractivity contribution in [1.29, 1.82) is 0 Å². The minimum atomic E-state index is -0.978. The summed E-state index contributed by atoms with van der Waals surface area (Å²) in [4.78, 5) is 16.1. The molecule has 0 amide bonds. The fourth-order valence-electron chi connectivity index (χ4n) is 2.89. The lowest BCUT2D eigenvalue weighted by atomic mass is 10.0. The van der Waals surface area contributed by atoms with Gasteiger partial charge < -0.3 is 10.4 Å². The van der Waals surface area contributed by atoms with E-state index in [9.17, 15) is 9.90 Å². The Morgan fingerprint density at radius 2 is 1.54 bits per heavy atom. The molecule has 4 rings (SSSR count). The number of carboxylic acid groups (broad SMARTS) is 1. The zero-order valence-corrected chi connectivity index (χ0v) is 12.7. The summed E-state index contributed by atoms with van der Waals surface area (Å²) >= 11 is 0. The second-order valence-corrected chi connectivity index (χ2v) is 5.50. The molecule has 4 aromatic rings. The van der Waals surface area contributed by atoms with Gasteiger partial charge in [0, 0.05) is 16.5 Å². The SMILES string of the molecule is O=C(O)c1cccc2c(Nc3ccccc3)c3ccccc3nc12. The van der Waals surface area contributed by atoms with E-state index in [1.807, 2.05) is 60.7 Å². The van der Waals surface area contributed by atoms with Gasteiger partial charge in [-0.3, -0.25) is 0 Å². The van der Waals surface area contributed by atoms with Gasteiger partial charge in [0.25, 0.3) is 0 Å². The molecule has 0 unspecified atom stereocenters.